The number of alkyl carbamates (subject to hydrolysis) is 1. The highest BCUT2D eigenvalue weighted by Crippen LogP contribution is 2.45. The van der Waals surface area contributed by atoms with Crippen LogP contribution in [0.15, 0.2) is 60.7 Å². The van der Waals surface area contributed by atoms with Gasteiger partial charge in [0.2, 0.25) is 5.91 Å². The van der Waals surface area contributed by atoms with E-state index in [9.17, 15) is 19.5 Å². The van der Waals surface area contributed by atoms with E-state index in [1.165, 1.54) is 4.90 Å². The molecule has 186 valence electrons. The lowest BCUT2D eigenvalue weighted by molar-refractivity contribution is -0.168. The van der Waals surface area contributed by atoms with E-state index in [0.29, 0.717) is 18.4 Å². The Morgan fingerprint density at radius 2 is 1.69 bits per heavy atom. The zero-order valence-electron chi connectivity index (χ0n) is 20.3. The van der Waals surface area contributed by atoms with Crippen LogP contribution in [0.2, 0.25) is 0 Å². The lowest BCUT2D eigenvalue weighted by Crippen LogP contribution is -2.66. The lowest BCUT2D eigenvalue weighted by atomic mass is 9.76. The topological polar surface area (TPSA) is 105 Å². The van der Waals surface area contributed by atoms with E-state index in [1.807, 2.05) is 48.5 Å². The third-order valence-corrected chi connectivity index (χ3v) is 6.46. The Morgan fingerprint density at radius 1 is 1.06 bits per heavy atom. The van der Waals surface area contributed by atoms with Crippen molar-refractivity contribution in [2.75, 3.05) is 0 Å². The number of ether oxygens (including phenoxy) is 2. The van der Waals surface area contributed by atoms with Crippen molar-refractivity contribution in [2.24, 2.45) is 0 Å². The number of benzene rings is 2. The maximum atomic E-state index is 13.6. The largest absolute Gasteiger partial charge is 0.459 e. The number of carbonyl (C=O) groups excluding carboxylic acids is 3. The van der Waals surface area contributed by atoms with Gasteiger partial charge in [0.05, 0.1) is 6.04 Å². The molecule has 2 aromatic carbocycles. The Kier molecular flexibility index (Phi) is 6.85. The fraction of sp³-hybridized carbons (Fsp3) is 0.444. The predicted octanol–water partition coefficient (Wildman–Crippen LogP) is 3.27. The first kappa shape index (κ1) is 24.7. The van der Waals surface area contributed by atoms with Crippen molar-refractivity contribution >= 4 is 18.0 Å². The summed E-state index contributed by atoms with van der Waals surface area (Å²) in [6.07, 6.45) is 0.00834. The molecule has 0 bridgehead atoms. The van der Waals surface area contributed by atoms with E-state index >= 15 is 0 Å². The number of rotatable bonds is 5. The fourth-order valence-corrected chi connectivity index (χ4v) is 4.96. The Labute approximate surface area is 205 Å². The molecule has 2 heterocycles. The lowest BCUT2D eigenvalue weighted by Gasteiger charge is -2.47. The molecular weight excluding hydrogens is 448 g/mol. The number of esters is 1. The monoisotopic (exact) mass is 480 g/mol. The van der Waals surface area contributed by atoms with Gasteiger partial charge >= 0.3 is 12.1 Å². The van der Waals surface area contributed by atoms with Gasteiger partial charge in [-0.15, -0.1) is 0 Å². The number of nitrogens with zero attached hydrogens (tertiary/aromatic N) is 1. The molecular formula is C27H32N2O6. The minimum Gasteiger partial charge on any atom is -0.459 e. The van der Waals surface area contributed by atoms with E-state index in [-0.39, 0.29) is 13.0 Å². The summed E-state index contributed by atoms with van der Waals surface area (Å²) >= 11 is 0. The van der Waals surface area contributed by atoms with Gasteiger partial charge in [0, 0.05) is 6.42 Å². The van der Waals surface area contributed by atoms with Gasteiger partial charge in [-0.3, -0.25) is 4.79 Å². The third-order valence-electron chi connectivity index (χ3n) is 6.46. The number of amides is 2. The Balaban J connectivity index is 1.59. The van der Waals surface area contributed by atoms with Crippen LogP contribution >= 0.6 is 0 Å². The van der Waals surface area contributed by atoms with Crippen molar-refractivity contribution in [2.45, 2.75) is 76.0 Å². The molecule has 2 N–H and O–H groups in total. The molecule has 0 saturated carbocycles. The average Bonchev–Trinajstić information content (AvgIpc) is 3.27. The molecule has 8 heteroatoms. The zero-order chi connectivity index (χ0) is 25.2. The molecule has 2 amide bonds. The average molecular weight is 481 g/mol. The van der Waals surface area contributed by atoms with Crippen molar-refractivity contribution in [3.8, 4) is 0 Å². The van der Waals surface area contributed by atoms with Gasteiger partial charge in [-0.05, 0) is 44.7 Å². The quantitative estimate of drug-likeness (QED) is 0.637. The van der Waals surface area contributed by atoms with Crippen LogP contribution in [0.25, 0.3) is 0 Å². The number of carbonyl (C=O) groups is 3. The molecule has 4 atom stereocenters. The Bertz CT molecular complexity index is 1070. The van der Waals surface area contributed by atoms with Crippen LogP contribution in [0.5, 0.6) is 0 Å². The molecule has 0 radical (unpaired) electrons. The van der Waals surface area contributed by atoms with Gasteiger partial charge in [-0.2, -0.15) is 0 Å². The molecule has 0 unspecified atom stereocenters. The summed E-state index contributed by atoms with van der Waals surface area (Å²) < 4.78 is 10.9. The minimum atomic E-state index is -1.46. The van der Waals surface area contributed by atoms with Crippen LogP contribution in [0.1, 0.15) is 51.2 Å². The molecule has 2 aliphatic heterocycles. The fourth-order valence-electron chi connectivity index (χ4n) is 4.96. The summed E-state index contributed by atoms with van der Waals surface area (Å²) in [5, 5.41) is 14.5. The predicted molar refractivity (Wildman–Crippen MR) is 128 cm³/mol. The maximum absolute atomic E-state index is 13.6. The summed E-state index contributed by atoms with van der Waals surface area (Å²) in [6.45, 7) is 5.27. The van der Waals surface area contributed by atoms with Crippen molar-refractivity contribution < 1.29 is 29.0 Å². The second-order valence-corrected chi connectivity index (χ2v) is 10.1. The van der Waals surface area contributed by atoms with E-state index in [1.54, 1.807) is 32.9 Å². The zero-order valence-corrected chi connectivity index (χ0v) is 20.3. The summed E-state index contributed by atoms with van der Waals surface area (Å²) in [4.78, 5) is 40.5. The molecule has 4 rings (SSSR count). The highest BCUT2D eigenvalue weighted by atomic mass is 16.6. The van der Waals surface area contributed by atoms with E-state index in [0.717, 1.165) is 5.56 Å². The molecule has 2 fully saturated rings. The normalized spacial score (nSPS) is 26.1. The number of hydrogen-bond acceptors (Lipinski definition) is 6. The van der Waals surface area contributed by atoms with Gasteiger partial charge in [-0.25, -0.2) is 9.59 Å². The van der Waals surface area contributed by atoms with E-state index in [4.69, 9.17) is 9.47 Å². The number of aliphatic hydroxyl groups is 1. The Hall–Kier alpha value is -3.39. The molecule has 2 aromatic rings. The Morgan fingerprint density at radius 3 is 2.31 bits per heavy atom. The highest BCUT2D eigenvalue weighted by molar-refractivity contribution is 5.91. The van der Waals surface area contributed by atoms with Crippen LogP contribution < -0.4 is 5.32 Å². The van der Waals surface area contributed by atoms with Gasteiger partial charge in [0.1, 0.15) is 29.9 Å². The van der Waals surface area contributed by atoms with Gasteiger partial charge in [-0.1, -0.05) is 60.7 Å². The standard InChI is InChI=1S/C27H32N2O6/c1-26(2,3)35-25(32)28-20-16-27(33,19-12-8-5-9-13-19)22-15-14-21(29(22)23(20)30)24(31)34-17-18-10-6-4-7-11-18/h4-13,20-22,33H,14-17H2,1-3H3,(H,28,32)/t20-,21-,22+,27+/m0/s1. The SMILES string of the molecule is CC(C)(C)OC(=O)N[C@H]1C[C@@](O)(c2ccccc2)[C@H]2CC[C@@H](C(=O)OCc3ccccc3)N2C1=O. The van der Waals surface area contributed by atoms with E-state index in [2.05, 4.69) is 5.32 Å². The molecule has 0 spiro atoms. The molecule has 8 nitrogen and oxygen atoms in total. The number of hydrogen-bond donors (Lipinski definition) is 2. The molecule has 2 aliphatic rings. The second kappa shape index (κ2) is 9.70. The van der Waals surface area contributed by atoms with Crippen LogP contribution in [0.4, 0.5) is 4.79 Å². The van der Waals surface area contributed by atoms with Gasteiger partial charge in [0.25, 0.3) is 0 Å². The van der Waals surface area contributed by atoms with Crippen LogP contribution in [-0.2, 0) is 31.3 Å². The first-order valence-electron chi connectivity index (χ1n) is 11.9. The highest BCUT2D eigenvalue weighted by Gasteiger charge is 2.58. The number of nitrogens with one attached hydrogen (secondary N) is 1. The summed E-state index contributed by atoms with van der Waals surface area (Å²) in [5.41, 5.74) is -0.747. The third kappa shape index (κ3) is 5.32. The molecule has 0 aliphatic carbocycles. The summed E-state index contributed by atoms with van der Waals surface area (Å²) in [7, 11) is 0. The maximum Gasteiger partial charge on any atom is 0.408 e. The first-order chi connectivity index (χ1) is 16.6. The van der Waals surface area contributed by atoms with Gasteiger partial charge < -0.3 is 24.8 Å². The minimum absolute atomic E-state index is 0.0258. The number of fused-ring (bicyclic) bond motifs is 1. The van der Waals surface area contributed by atoms with Crippen LogP contribution in [-0.4, -0.2) is 51.7 Å². The second-order valence-electron chi connectivity index (χ2n) is 10.1. The van der Waals surface area contributed by atoms with Crippen LogP contribution in [0, 0.1) is 0 Å². The van der Waals surface area contributed by atoms with Crippen molar-refractivity contribution in [1.82, 2.24) is 10.2 Å². The molecule has 2 saturated heterocycles. The van der Waals surface area contributed by atoms with Crippen molar-refractivity contribution in [3.05, 3.63) is 71.8 Å². The van der Waals surface area contributed by atoms with Crippen LogP contribution in [0.3, 0.4) is 0 Å². The smallest absolute Gasteiger partial charge is 0.408 e. The van der Waals surface area contributed by atoms with E-state index < -0.39 is 47.3 Å². The van der Waals surface area contributed by atoms with Crippen molar-refractivity contribution in [3.63, 3.8) is 0 Å². The van der Waals surface area contributed by atoms with Crippen molar-refractivity contribution in [1.29, 1.82) is 0 Å². The summed E-state index contributed by atoms with van der Waals surface area (Å²) in [5.74, 6) is -0.960. The molecule has 0 aromatic heterocycles. The number of piperidine rings is 1. The molecule has 35 heavy (non-hydrogen) atoms. The first-order valence-corrected chi connectivity index (χ1v) is 11.9. The summed E-state index contributed by atoms with van der Waals surface area (Å²) in [6, 6.07) is 15.8. The van der Waals surface area contributed by atoms with Gasteiger partial charge in [0.15, 0.2) is 0 Å².